The van der Waals surface area contributed by atoms with E-state index < -0.39 is 22.6 Å². The van der Waals surface area contributed by atoms with Gasteiger partial charge in [0.25, 0.3) is 0 Å². The minimum Gasteiger partial charge on any atom is -0.369 e. The first kappa shape index (κ1) is 23.7. The smallest absolute Gasteiger partial charge is 0.189 e. The molecule has 196 valence electrons. The molecule has 1 unspecified atom stereocenters. The van der Waals surface area contributed by atoms with Crippen molar-refractivity contribution in [2.24, 2.45) is 5.41 Å². The Bertz CT molecular complexity index is 1700. The van der Waals surface area contributed by atoms with Crippen molar-refractivity contribution in [2.45, 2.75) is 23.2 Å². The fourth-order valence-corrected chi connectivity index (χ4v) is 8.28. The summed E-state index contributed by atoms with van der Waals surface area (Å²) in [6, 6.07) is 36.8. The number of hydrogen-bond donors (Lipinski definition) is 2. The highest BCUT2D eigenvalue weighted by Gasteiger charge is 2.87. The van der Waals surface area contributed by atoms with Gasteiger partial charge in [0.05, 0.1) is 5.41 Å². The van der Waals surface area contributed by atoms with E-state index in [-0.39, 0.29) is 30.7 Å². The maximum atomic E-state index is 15.1. The summed E-state index contributed by atoms with van der Waals surface area (Å²) in [6.07, 6.45) is 1.93. The van der Waals surface area contributed by atoms with Crippen molar-refractivity contribution in [3.05, 3.63) is 149 Å². The Balaban J connectivity index is 1.45. The zero-order chi connectivity index (χ0) is 27.1. The van der Waals surface area contributed by atoms with Crippen molar-refractivity contribution in [3.63, 3.8) is 0 Å². The SMILES string of the molecule is O=C1c2ccccc2[C@@]2(O)N3C/C(=C\c4ccccc4)C(=O)[C@@]4(C3)[C@H](c3ccccc3)[C@@H](c3ccccc3)N[C@@]142. The molecule has 5 heteroatoms. The Hall–Kier alpha value is -4.16. The van der Waals surface area contributed by atoms with E-state index in [0.29, 0.717) is 16.7 Å². The minimum absolute atomic E-state index is 0.0653. The molecule has 3 saturated heterocycles. The molecule has 2 bridgehead atoms. The zero-order valence-electron chi connectivity index (χ0n) is 21.8. The fourth-order valence-electron chi connectivity index (χ4n) is 8.28. The molecule has 8 rings (SSSR count). The van der Waals surface area contributed by atoms with Crippen LogP contribution >= 0.6 is 0 Å². The summed E-state index contributed by atoms with van der Waals surface area (Å²) >= 11 is 0. The number of carbonyl (C=O) groups excluding carboxylic acids is 2. The highest BCUT2D eigenvalue weighted by molar-refractivity contribution is 6.19. The van der Waals surface area contributed by atoms with E-state index in [1.54, 1.807) is 6.07 Å². The molecule has 4 aromatic carbocycles. The van der Waals surface area contributed by atoms with E-state index in [0.717, 1.165) is 16.7 Å². The van der Waals surface area contributed by atoms with Crippen molar-refractivity contribution < 1.29 is 14.7 Å². The number of rotatable bonds is 3. The number of carbonyl (C=O) groups is 2. The molecule has 40 heavy (non-hydrogen) atoms. The molecule has 0 radical (unpaired) electrons. The van der Waals surface area contributed by atoms with Crippen molar-refractivity contribution in [1.29, 1.82) is 0 Å². The third kappa shape index (κ3) is 2.67. The summed E-state index contributed by atoms with van der Waals surface area (Å²) < 4.78 is 0. The molecule has 3 heterocycles. The second-order valence-electron chi connectivity index (χ2n) is 11.5. The number of Topliss-reactive ketones (excluding diaryl/α,β-unsaturated/α-hetero) is 2. The number of hydrogen-bond acceptors (Lipinski definition) is 5. The van der Waals surface area contributed by atoms with Crippen LogP contribution in [0.4, 0.5) is 0 Å². The number of nitrogens with one attached hydrogen (secondary N) is 1. The van der Waals surface area contributed by atoms with Gasteiger partial charge in [0.2, 0.25) is 0 Å². The summed E-state index contributed by atoms with van der Waals surface area (Å²) in [5, 5.41) is 16.7. The summed E-state index contributed by atoms with van der Waals surface area (Å²) in [5.74, 6) is -0.663. The van der Waals surface area contributed by atoms with E-state index in [4.69, 9.17) is 0 Å². The second kappa shape index (κ2) is 8.18. The van der Waals surface area contributed by atoms with Crippen LogP contribution in [0.5, 0.6) is 0 Å². The van der Waals surface area contributed by atoms with Gasteiger partial charge in [-0.25, -0.2) is 0 Å². The molecule has 3 fully saturated rings. The lowest BCUT2D eigenvalue weighted by Crippen LogP contribution is -2.66. The maximum Gasteiger partial charge on any atom is 0.189 e. The Labute approximate surface area is 232 Å². The van der Waals surface area contributed by atoms with Crippen molar-refractivity contribution in [3.8, 4) is 0 Å². The molecule has 3 aliphatic heterocycles. The quantitative estimate of drug-likeness (QED) is 0.375. The number of aliphatic hydroxyl groups is 1. The van der Waals surface area contributed by atoms with Crippen molar-refractivity contribution in [1.82, 2.24) is 10.2 Å². The first-order chi connectivity index (χ1) is 19.5. The van der Waals surface area contributed by atoms with E-state index in [9.17, 15) is 9.90 Å². The highest BCUT2D eigenvalue weighted by atomic mass is 16.3. The van der Waals surface area contributed by atoms with Crippen LogP contribution in [0.25, 0.3) is 6.08 Å². The molecule has 0 aromatic heterocycles. The van der Waals surface area contributed by atoms with Gasteiger partial charge in [-0.2, -0.15) is 0 Å². The van der Waals surface area contributed by atoms with Crippen LogP contribution in [0.3, 0.4) is 0 Å². The van der Waals surface area contributed by atoms with Crippen molar-refractivity contribution in [2.75, 3.05) is 13.1 Å². The van der Waals surface area contributed by atoms with Gasteiger partial charge >= 0.3 is 0 Å². The average Bonchev–Trinajstić information content (AvgIpc) is 3.49. The average molecular weight is 525 g/mol. The largest absolute Gasteiger partial charge is 0.369 e. The van der Waals surface area contributed by atoms with E-state index in [1.165, 1.54) is 0 Å². The molecule has 6 atom stereocenters. The maximum absolute atomic E-state index is 15.1. The van der Waals surface area contributed by atoms with E-state index >= 15 is 4.79 Å². The molecule has 0 saturated carbocycles. The Morgan fingerprint density at radius 1 is 0.750 bits per heavy atom. The van der Waals surface area contributed by atoms with E-state index in [2.05, 4.69) is 5.32 Å². The molecule has 0 amide bonds. The Morgan fingerprint density at radius 2 is 1.35 bits per heavy atom. The van der Waals surface area contributed by atoms with Crippen LogP contribution in [0.1, 0.15) is 44.6 Å². The molecule has 1 aliphatic carbocycles. The topological polar surface area (TPSA) is 69.6 Å². The fraction of sp³-hybridized carbons (Fsp3) is 0.200. The van der Waals surface area contributed by atoms with Crippen LogP contribution in [0.2, 0.25) is 0 Å². The third-order valence-corrected chi connectivity index (χ3v) is 9.73. The van der Waals surface area contributed by atoms with Crippen LogP contribution in [-0.2, 0) is 10.5 Å². The predicted octanol–water partition coefficient (Wildman–Crippen LogP) is 4.86. The normalized spacial score (nSPS) is 34.5. The summed E-state index contributed by atoms with van der Waals surface area (Å²) in [4.78, 5) is 31.9. The van der Waals surface area contributed by atoms with Gasteiger partial charge in [-0.05, 0) is 22.8 Å². The molecule has 5 nitrogen and oxygen atoms in total. The van der Waals surface area contributed by atoms with E-state index in [1.807, 2.05) is 120 Å². The molecule has 4 aliphatic rings. The predicted molar refractivity (Wildman–Crippen MR) is 152 cm³/mol. The molecular formula is C35H28N2O3. The zero-order valence-corrected chi connectivity index (χ0v) is 21.8. The van der Waals surface area contributed by atoms with Crippen LogP contribution in [-0.4, -0.2) is 40.2 Å². The summed E-state index contributed by atoms with van der Waals surface area (Å²) in [6.45, 7) is 0.541. The van der Waals surface area contributed by atoms with Crippen LogP contribution in [0, 0.1) is 5.41 Å². The Morgan fingerprint density at radius 3 is 2.05 bits per heavy atom. The number of nitrogens with zero attached hydrogens (tertiary/aromatic N) is 1. The lowest BCUT2D eigenvalue weighted by molar-refractivity contribution is -0.129. The monoisotopic (exact) mass is 524 g/mol. The van der Waals surface area contributed by atoms with Crippen LogP contribution in [0.15, 0.2) is 121 Å². The van der Waals surface area contributed by atoms with Crippen LogP contribution < -0.4 is 5.32 Å². The molecular weight excluding hydrogens is 496 g/mol. The van der Waals surface area contributed by atoms with Gasteiger partial charge in [0.15, 0.2) is 17.3 Å². The van der Waals surface area contributed by atoms with Gasteiger partial charge in [-0.15, -0.1) is 0 Å². The molecule has 4 aromatic rings. The lowest BCUT2D eigenvalue weighted by Gasteiger charge is -2.41. The second-order valence-corrected chi connectivity index (χ2v) is 11.5. The van der Waals surface area contributed by atoms with Gasteiger partial charge in [0.1, 0.15) is 5.54 Å². The number of ketones is 2. The number of piperidine rings is 1. The highest BCUT2D eigenvalue weighted by Crippen LogP contribution is 2.72. The Kier molecular flexibility index (Phi) is 4.85. The first-order valence-corrected chi connectivity index (χ1v) is 13.8. The number of benzene rings is 4. The summed E-state index contributed by atoms with van der Waals surface area (Å²) in [5.41, 5.74) is 0.0817. The van der Waals surface area contributed by atoms with Gasteiger partial charge in [-0.1, -0.05) is 115 Å². The number of fused-ring (bicyclic) bond motifs is 4. The first-order valence-electron chi connectivity index (χ1n) is 13.8. The standard InChI is InChI=1S/C35H28N2O3/c38-31-26(20-23-12-4-1-5-13-23)21-37-22-33(31)29(24-14-6-2-7-15-24)30(25-16-8-3-9-17-25)36-34(33)32(39)27-18-10-11-19-28(27)35(34,37)40/h1-20,29-30,36,40H,21-22H2/b26-20+/t29-,30-,33-,34+,35+/m1/s1. The summed E-state index contributed by atoms with van der Waals surface area (Å²) in [7, 11) is 0. The minimum atomic E-state index is -1.68. The van der Waals surface area contributed by atoms with Gasteiger partial charge < -0.3 is 5.11 Å². The molecule has 2 spiro atoms. The van der Waals surface area contributed by atoms with Gasteiger partial charge in [-0.3, -0.25) is 19.8 Å². The molecule has 2 N–H and O–H groups in total. The lowest BCUT2D eigenvalue weighted by atomic mass is 9.57. The third-order valence-electron chi connectivity index (χ3n) is 9.73. The van der Waals surface area contributed by atoms with Gasteiger partial charge in [0, 0.05) is 41.7 Å². The van der Waals surface area contributed by atoms with Crippen molar-refractivity contribution >= 4 is 17.6 Å².